The Morgan fingerprint density at radius 2 is 1.50 bits per heavy atom. The van der Waals surface area contributed by atoms with Gasteiger partial charge in [-0.25, -0.2) is 0 Å². The van der Waals surface area contributed by atoms with E-state index in [0.29, 0.717) is 11.8 Å². The standard InChI is InChI=1S/C16H30N2/c1-16(15(17)18,14-10-6-3-7-11-14)12-13-8-4-2-5-9-13/h13-14H,2-12H2,1H3,(H3,17,18). The molecule has 0 heterocycles. The van der Waals surface area contributed by atoms with Gasteiger partial charge in [0.1, 0.15) is 0 Å². The fourth-order valence-electron chi connectivity index (χ4n) is 4.23. The van der Waals surface area contributed by atoms with Crippen molar-refractivity contribution >= 4 is 5.84 Å². The van der Waals surface area contributed by atoms with Gasteiger partial charge in [0.15, 0.2) is 0 Å². The zero-order valence-corrected chi connectivity index (χ0v) is 12.0. The topological polar surface area (TPSA) is 49.9 Å². The molecule has 1 atom stereocenters. The summed E-state index contributed by atoms with van der Waals surface area (Å²) in [6.07, 6.45) is 14.8. The molecule has 2 heteroatoms. The van der Waals surface area contributed by atoms with Crippen LogP contribution in [0.3, 0.4) is 0 Å². The molecule has 2 aliphatic carbocycles. The molecule has 0 spiro atoms. The summed E-state index contributed by atoms with van der Waals surface area (Å²) in [6.45, 7) is 2.28. The molecule has 0 radical (unpaired) electrons. The van der Waals surface area contributed by atoms with E-state index in [9.17, 15) is 0 Å². The lowest BCUT2D eigenvalue weighted by Gasteiger charge is -2.42. The molecular formula is C16H30N2. The van der Waals surface area contributed by atoms with E-state index >= 15 is 0 Å². The van der Waals surface area contributed by atoms with Gasteiger partial charge in [0, 0.05) is 5.41 Å². The number of nitrogens with one attached hydrogen (secondary N) is 1. The molecule has 1 unspecified atom stereocenters. The molecule has 3 N–H and O–H groups in total. The summed E-state index contributed by atoms with van der Waals surface area (Å²) in [5.74, 6) is 1.96. The lowest BCUT2D eigenvalue weighted by molar-refractivity contribution is 0.153. The molecule has 2 aliphatic rings. The van der Waals surface area contributed by atoms with Crippen molar-refractivity contribution in [3.8, 4) is 0 Å². The number of hydrogen-bond acceptors (Lipinski definition) is 1. The quantitative estimate of drug-likeness (QED) is 0.561. The van der Waals surface area contributed by atoms with Crippen molar-refractivity contribution in [2.45, 2.75) is 77.6 Å². The molecule has 2 saturated carbocycles. The lowest BCUT2D eigenvalue weighted by Crippen LogP contribution is -2.43. The average Bonchev–Trinajstić information content (AvgIpc) is 2.40. The summed E-state index contributed by atoms with van der Waals surface area (Å²) in [7, 11) is 0. The molecule has 0 bridgehead atoms. The van der Waals surface area contributed by atoms with E-state index < -0.39 is 0 Å². The van der Waals surface area contributed by atoms with Crippen LogP contribution in [0, 0.1) is 22.7 Å². The van der Waals surface area contributed by atoms with Crippen LogP contribution >= 0.6 is 0 Å². The van der Waals surface area contributed by atoms with Crippen molar-refractivity contribution in [3.63, 3.8) is 0 Å². The highest BCUT2D eigenvalue weighted by atomic mass is 14.8. The van der Waals surface area contributed by atoms with Gasteiger partial charge < -0.3 is 5.73 Å². The number of hydrogen-bond donors (Lipinski definition) is 2. The number of nitrogens with two attached hydrogens (primary N) is 1. The molecule has 2 nitrogen and oxygen atoms in total. The van der Waals surface area contributed by atoms with Crippen LogP contribution in [0.4, 0.5) is 0 Å². The van der Waals surface area contributed by atoms with E-state index in [1.807, 2.05) is 0 Å². The Morgan fingerprint density at radius 1 is 1.00 bits per heavy atom. The predicted octanol–water partition coefficient (Wildman–Crippen LogP) is 4.48. The van der Waals surface area contributed by atoms with E-state index in [0.717, 1.165) is 5.92 Å². The Bertz CT molecular complexity index is 275. The van der Waals surface area contributed by atoms with Crippen LogP contribution in [0.2, 0.25) is 0 Å². The molecule has 0 amide bonds. The second kappa shape index (κ2) is 6.08. The summed E-state index contributed by atoms with van der Waals surface area (Å²) in [4.78, 5) is 0. The van der Waals surface area contributed by atoms with Crippen LogP contribution < -0.4 is 5.73 Å². The summed E-state index contributed by atoms with van der Waals surface area (Å²) in [6, 6.07) is 0. The van der Waals surface area contributed by atoms with E-state index in [1.165, 1.54) is 70.6 Å². The minimum absolute atomic E-state index is 0.0115. The maximum Gasteiger partial charge on any atom is 0.0968 e. The van der Waals surface area contributed by atoms with Gasteiger partial charge in [-0.3, -0.25) is 5.41 Å². The van der Waals surface area contributed by atoms with Crippen molar-refractivity contribution in [1.29, 1.82) is 5.41 Å². The molecular weight excluding hydrogens is 220 g/mol. The predicted molar refractivity (Wildman–Crippen MR) is 77.8 cm³/mol. The number of rotatable bonds is 4. The van der Waals surface area contributed by atoms with Gasteiger partial charge in [0.2, 0.25) is 0 Å². The first kappa shape index (κ1) is 13.9. The summed E-state index contributed by atoms with van der Waals surface area (Å²) < 4.78 is 0. The molecule has 2 rings (SSSR count). The minimum atomic E-state index is -0.0115. The minimum Gasteiger partial charge on any atom is -0.387 e. The first-order valence-electron chi connectivity index (χ1n) is 7.97. The first-order valence-corrected chi connectivity index (χ1v) is 7.97. The third-order valence-corrected chi connectivity index (χ3v) is 5.56. The Hall–Kier alpha value is -0.530. The third kappa shape index (κ3) is 3.07. The average molecular weight is 250 g/mol. The van der Waals surface area contributed by atoms with Crippen LogP contribution in [-0.2, 0) is 0 Å². The monoisotopic (exact) mass is 250 g/mol. The zero-order chi connectivity index (χ0) is 13.0. The lowest BCUT2D eigenvalue weighted by atomic mass is 9.64. The SMILES string of the molecule is CC(CC1CCCCC1)(C(=N)N)C1CCCCC1. The molecule has 0 aromatic heterocycles. The largest absolute Gasteiger partial charge is 0.387 e. The van der Waals surface area contributed by atoms with Gasteiger partial charge in [-0.1, -0.05) is 58.3 Å². The Morgan fingerprint density at radius 3 is 2.00 bits per heavy atom. The third-order valence-electron chi connectivity index (χ3n) is 5.56. The molecule has 2 fully saturated rings. The van der Waals surface area contributed by atoms with Crippen molar-refractivity contribution in [1.82, 2.24) is 0 Å². The zero-order valence-electron chi connectivity index (χ0n) is 12.0. The van der Waals surface area contributed by atoms with Crippen LogP contribution in [-0.4, -0.2) is 5.84 Å². The van der Waals surface area contributed by atoms with Gasteiger partial charge in [-0.15, -0.1) is 0 Å². The van der Waals surface area contributed by atoms with Gasteiger partial charge >= 0.3 is 0 Å². The van der Waals surface area contributed by atoms with E-state index in [-0.39, 0.29) is 5.41 Å². The van der Waals surface area contributed by atoms with E-state index in [2.05, 4.69) is 6.92 Å². The summed E-state index contributed by atoms with van der Waals surface area (Å²) in [5, 5.41) is 8.08. The van der Waals surface area contributed by atoms with Crippen molar-refractivity contribution < 1.29 is 0 Å². The Kier molecular flexibility index (Phi) is 4.69. The molecule has 0 aromatic rings. The van der Waals surface area contributed by atoms with Crippen LogP contribution in [0.15, 0.2) is 0 Å². The van der Waals surface area contributed by atoms with Gasteiger partial charge in [-0.05, 0) is 31.1 Å². The van der Waals surface area contributed by atoms with Crippen molar-refractivity contribution in [2.75, 3.05) is 0 Å². The smallest absolute Gasteiger partial charge is 0.0968 e. The summed E-state index contributed by atoms with van der Waals surface area (Å²) in [5.41, 5.74) is 5.99. The Balaban J connectivity index is 2.02. The van der Waals surface area contributed by atoms with Gasteiger partial charge in [0.05, 0.1) is 5.84 Å². The van der Waals surface area contributed by atoms with Gasteiger partial charge in [0.25, 0.3) is 0 Å². The second-order valence-corrected chi connectivity index (χ2v) is 6.87. The van der Waals surface area contributed by atoms with Crippen LogP contribution in [0.5, 0.6) is 0 Å². The first-order chi connectivity index (χ1) is 8.63. The van der Waals surface area contributed by atoms with Crippen LogP contribution in [0.1, 0.15) is 77.6 Å². The molecule has 0 aromatic carbocycles. The number of amidine groups is 1. The van der Waals surface area contributed by atoms with Crippen molar-refractivity contribution in [3.05, 3.63) is 0 Å². The second-order valence-electron chi connectivity index (χ2n) is 6.87. The Labute approximate surface area is 112 Å². The highest BCUT2D eigenvalue weighted by Gasteiger charge is 2.39. The maximum absolute atomic E-state index is 8.08. The van der Waals surface area contributed by atoms with Crippen LogP contribution in [0.25, 0.3) is 0 Å². The normalized spacial score (nSPS) is 26.7. The highest BCUT2D eigenvalue weighted by Crippen LogP contribution is 2.45. The fraction of sp³-hybridized carbons (Fsp3) is 0.938. The highest BCUT2D eigenvalue weighted by molar-refractivity contribution is 5.83. The molecule has 0 saturated heterocycles. The van der Waals surface area contributed by atoms with Crippen molar-refractivity contribution in [2.24, 2.45) is 23.0 Å². The van der Waals surface area contributed by atoms with E-state index in [4.69, 9.17) is 11.1 Å². The van der Waals surface area contributed by atoms with Gasteiger partial charge in [-0.2, -0.15) is 0 Å². The molecule has 18 heavy (non-hydrogen) atoms. The fourth-order valence-corrected chi connectivity index (χ4v) is 4.23. The molecule has 104 valence electrons. The van der Waals surface area contributed by atoms with E-state index in [1.54, 1.807) is 0 Å². The molecule has 0 aliphatic heterocycles. The summed E-state index contributed by atoms with van der Waals surface area (Å²) >= 11 is 0. The maximum atomic E-state index is 8.08.